The Labute approximate surface area is 236 Å². The van der Waals surface area contributed by atoms with Crippen LogP contribution in [0.5, 0.6) is 5.75 Å². The van der Waals surface area contributed by atoms with Gasteiger partial charge in [-0.3, -0.25) is 9.44 Å². The van der Waals surface area contributed by atoms with Gasteiger partial charge < -0.3 is 4.74 Å². The van der Waals surface area contributed by atoms with E-state index < -0.39 is 32.2 Å². The van der Waals surface area contributed by atoms with Gasteiger partial charge in [-0.15, -0.1) is 36.3 Å². The summed E-state index contributed by atoms with van der Waals surface area (Å²) in [5.41, 5.74) is 1.16. The van der Waals surface area contributed by atoms with Gasteiger partial charge in [-0.2, -0.15) is 0 Å². The van der Waals surface area contributed by atoms with Crippen LogP contribution in [-0.4, -0.2) is 29.5 Å². The number of hydrogen-bond acceptors (Lipinski definition) is 7. The number of thiophene rings is 1. The largest absolute Gasteiger partial charge is 0.573 e. The van der Waals surface area contributed by atoms with Crippen molar-refractivity contribution in [3.8, 4) is 16.9 Å². The van der Waals surface area contributed by atoms with Crippen LogP contribution in [0, 0.1) is 0 Å². The molecular formula is C24H18ClF3N2O5S4. The van der Waals surface area contributed by atoms with E-state index in [1.807, 2.05) is 30.5 Å². The van der Waals surface area contributed by atoms with Crippen molar-refractivity contribution < 1.29 is 34.7 Å². The smallest absolute Gasteiger partial charge is 0.406 e. The third-order valence-electron chi connectivity index (χ3n) is 5.11. The monoisotopic (exact) mass is 634 g/mol. The van der Waals surface area contributed by atoms with Gasteiger partial charge in [0.05, 0.1) is 20.6 Å². The minimum absolute atomic E-state index is 0.0773. The second-order valence-electron chi connectivity index (χ2n) is 7.78. The number of alkyl halides is 3. The highest BCUT2D eigenvalue weighted by Gasteiger charge is 2.31. The molecule has 0 radical (unpaired) electrons. The average molecular weight is 635 g/mol. The van der Waals surface area contributed by atoms with E-state index in [-0.39, 0.29) is 24.8 Å². The van der Waals surface area contributed by atoms with Gasteiger partial charge in [-0.05, 0) is 78.0 Å². The molecule has 1 heterocycles. The molecule has 3 aromatic carbocycles. The molecule has 0 saturated carbocycles. The molecule has 0 amide bonds. The minimum Gasteiger partial charge on any atom is -0.406 e. The lowest BCUT2D eigenvalue weighted by atomic mass is 10.0. The first-order chi connectivity index (χ1) is 18.3. The first-order valence-corrected chi connectivity index (χ1v) is 16.1. The summed E-state index contributed by atoms with van der Waals surface area (Å²) in [5, 5.41) is 0. The van der Waals surface area contributed by atoms with Gasteiger partial charge in [0, 0.05) is 4.90 Å². The maximum Gasteiger partial charge on any atom is 0.573 e. The third kappa shape index (κ3) is 7.39. The number of benzene rings is 3. The Kier molecular flexibility index (Phi) is 8.42. The van der Waals surface area contributed by atoms with Crippen LogP contribution in [0.1, 0.15) is 0 Å². The van der Waals surface area contributed by atoms with Crippen LogP contribution < -0.4 is 14.2 Å². The number of hydrogen-bond donors (Lipinski definition) is 2. The summed E-state index contributed by atoms with van der Waals surface area (Å²) in [4.78, 5) is 0.651. The van der Waals surface area contributed by atoms with E-state index in [4.69, 9.17) is 11.6 Å². The lowest BCUT2D eigenvalue weighted by molar-refractivity contribution is -0.274. The summed E-state index contributed by atoms with van der Waals surface area (Å²) in [7, 11) is -8.49. The Bertz CT molecular complexity index is 1690. The maximum atomic E-state index is 13.0. The summed E-state index contributed by atoms with van der Waals surface area (Å²) < 4.78 is 98.1. The molecule has 0 fully saturated rings. The summed E-state index contributed by atoms with van der Waals surface area (Å²) >= 11 is 8.27. The average Bonchev–Trinajstić information content (AvgIpc) is 3.31. The molecule has 7 nitrogen and oxygen atoms in total. The number of thioether (sulfide) groups is 1. The van der Waals surface area contributed by atoms with Crippen molar-refractivity contribution in [2.45, 2.75) is 20.4 Å². The number of sulfonamides is 2. The Morgan fingerprint density at radius 3 is 1.97 bits per heavy atom. The Morgan fingerprint density at radius 1 is 0.795 bits per heavy atom. The Balaban J connectivity index is 1.71. The quantitative estimate of drug-likeness (QED) is 0.188. The molecule has 15 heteroatoms. The molecule has 1 aromatic heterocycles. The maximum absolute atomic E-state index is 13.0. The Morgan fingerprint density at radius 2 is 1.41 bits per heavy atom. The highest BCUT2D eigenvalue weighted by Crippen LogP contribution is 2.35. The lowest BCUT2D eigenvalue weighted by Gasteiger charge is -2.16. The second-order valence-corrected chi connectivity index (χ2v) is 14.0. The number of anilines is 2. The fourth-order valence-corrected chi connectivity index (χ4v) is 7.38. The molecule has 0 spiro atoms. The van der Waals surface area contributed by atoms with Crippen molar-refractivity contribution in [1.29, 1.82) is 0 Å². The zero-order valence-corrected chi connectivity index (χ0v) is 23.7. The third-order valence-corrected chi connectivity index (χ3v) is 10.3. The van der Waals surface area contributed by atoms with E-state index in [1.54, 1.807) is 17.8 Å². The van der Waals surface area contributed by atoms with Crippen molar-refractivity contribution in [2.24, 2.45) is 0 Å². The fourth-order valence-electron chi connectivity index (χ4n) is 3.34. The van der Waals surface area contributed by atoms with Crippen LogP contribution in [0.4, 0.5) is 24.5 Å². The number of ether oxygens (including phenoxy) is 1. The summed E-state index contributed by atoms with van der Waals surface area (Å²) in [6, 6.07) is 18.2. The fraction of sp³-hybridized carbons (Fsp3) is 0.0833. The molecule has 2 N–H and O–H groups in total. The van der Waals surface area contributed by atoms with Gasteiger partial charge in [0.25, 0.3) is 20.0 Å². The molecule has 0 aliphatic heterocycles. The standard InChI is InChI=1S/C24H18ClF3N2O5S4/c1-36-18-7-2-15(3-8-18)16-4-11-20(21(14-16)30-39(33,34)23-13-12-22(25)37-23)29-38(31,32)19-9-5-17(6-10-19)35-24(26,27)28/h2-14,29-30H,1H3. The van der Waals surface area contributed by atoms with E-state index in [1.165, 1.54) is 24.3 Å². The van der Waals surface area contributed by atoms with Gasteiger partial charge in [0.2, 0.25) is 0 Å². The van der Waals surface area contributed by atoms with Gasteiger partial charge >= 0.3 is 6.36 Å². The first kappa shape index (κ1) is 29.1. The molecule has 4 aromatic rings. The second kappa shape index (κ2) is 11.3. The first-order valence-electron chi connectivity index (χ1n) is 10.7. The number of nitrogens with one attached hydrogen (secondary N) is 2. The highest BCUT2D eigenvalue weighted by atomic mass is 35.5. The molecule has 39 heavy (non-hydrogen) atoms. The number of rotatable bonds is 9. The van der Waals surface area contributed by atoms with Gasteiger partial charge in [-0.25, -0.2) is 16.8 Å². The van der Waals surface area contributed by atoms with Crippen LogP contribution >= 0.6 is 34.7 Å². The predicted octanol–water partition coefficient (Wildman–Crippen LogP) is 7.29. The Hall–Kier alpha value is -2.91. The lowest BCUT2D eigenvalue weighted by Crippen LogP contribution is -2.18. The van der Waals surface area contributed by atoms with E-state index in [9.17, 15) is 30.0 Å². The molecule has 206 valence electrons. The van der Waals surface area contributed by atoms with Crippen LogP contribution in [0.3, 0.4) is 0 Å². The van der Waals surface area contributed by atoms with E-state index >= 15 is 0 Å². The van der Waals surface area contributed by atoms with Gasteiger partial charge in [0.1, 0.15) is 9.96 Å². The van der Waals surface area contributed by atoms with Crippen LogP contribution in [0.15, 0.2) is 92.9 Å². The molecule has 0 aliphatic rings. The summed E-state index contributed by atoms with van der Waals surface area (Å²) in [5.74, 6) is -0.596. The van der Waals surface area contributed by atoms with Crippen LogP contribution in [0.25, 0.3) is 11.1 Å². The SMILES string of the molecule is CSc1ccc(-c2ccc(NS(=O)(=O)c3ccc(OC(F)(F)F)cc3)c(NS(=O)(=O)c3ccc(Cl)s3)c2)cc1. The topological polar surface area (TPSA) is 102 Å². The summed E-state index contributed by atoms with van der Waals surface area (Å²) in [6.07, 6.45) is -3.01. The molecule has 0 unspecified atom stereocenters. The van der Waals surface area contributed by atoms with Crippen molar-refractivity contribution in [2.75, 3.05) is 15.7 Å². The molecule has 0 atom stereocenters. The zero-order chi connectivity index (χ0) is 28.4. The minimum atomic E-state index is -4.94. The van der Waals surface area contributed by atoms with E-state index in [0.717, 1.165) is 46.1 Å². The van der Waals surface area contributed by atoms with Gasteiger partial charge in [0.15, 0.2) is 0 Å². The zero-order valence-electron chi connectivity index (χ0n) is 19.7. The highest BCUT2D eigenvalue weighted by molar-refractivity contribution is 7.98. The van der Waals surface area contributed by atoms with Gasteiger partial charge in [-0.1, -0.05) is 29.8 Å². The summed E-state index contributed by atoms with van der Waals surface area (Å²) in [6.45, 7) is 0. The van der Waals surface area contributed by atoms with Crippen molar-refractivity contribution >= 4 is 66.1 Å². The van der Waals surface area contributed by atoms with E-state index in [0.29, 0.717) is 5.56 Å². The molecule has 0 bridgehead atoms. The van der Waals surface area contributed by atoms with Crippen molar-refractivity contribution in [3.05, 3.63) is 83.2 Å². The predicted molar refractivity (Wildman–Crippen MR) is 148 cm³/mol. The van der Waals surface area contributed by atoms with Crippen LogP contribution in [0.2, 0.25) is 4.34 Å². The van der Waals surface area contributed by atoms with Crippen molar-refractivity contribution in [3.63, 3.8) is 0 Å². The molecule has 0 saturated heterocycles. The van der Waals surface area contributed by atoms with Crippen LogP contribution in [-0.2, 0) is 20.0 Å². The van der Waals surface area contributed by atoms with E-state index in [2.05, 4.69) is 14.2 Å². The van der Waals surface area contributed by atoms with Crippen molar-refractivity contribution in [1.82, 2.24) is 0 Å². The number of halogens is 4. The molecule has 4 rings (SSSR count). The molecule has 0 aliphatic carbocycles. The normalized spacial score (nSPS) is 12.2. The molecular weight excluding hydrogens is 617 g/mol.